The summed E-state index contributed by atoms with van der Waals surface area (Å²) in [4.78, 5) is 16.5. The molecule has 0 spiro atoms. The third-order valence-electron chi connectivity index (χ3n) is 4.02. The quantitative estimate of drug-likeness (QED) is 0.590. The summed E-state index contributed by atoms with van der Waals surface area (Å²) in [5.74, 6) is 5.69. The molecular formula is C16H26N4O. The van der Waals surface area contributed by atoms with Crippen molar-refractivity contribution in [2.45, 2.75) is 53.0 Å². The van der Waals surface area contributed by atoms with Gasteiger partial charge in [0.1, 0.15) is 11.5 Å². The first kappa shape index (κ1) is 15.8. The second-order valence-corrected chi connectivity index (χ2v) is 7.64. The van der Waals surface area contributed by atoms with E-state index in [1.165, 1.54) is 6.42 Å². The lowest BCUT2D eigenvalue weighted by Gasteiger charge is -2.45. The van der Waals surface area contributed by atoms with Gasteiger partial charge in [0.25, 0.3) is 5.91 Å². The molecule has 5 heteroatoms. The third-order valence-corrected chi connectivity index (χ3v) is 4.02. The van der Waals surface area contributed by atoms with Crippen molar-refractivity contribution >= 4 is 11.7 Å². The van der Waals surface area contributed by atoms with Crippen LogP contribution in [0.25, 0.3) is 0 Å². The first-order valence-electron chi connectivity index (χ1n) is 7.45. The van der Waals surface area contributed by atoms with Crippen LogP contribution in [0.4, 0.5) is 5.82 Å². The molecule has 1 aromatic heterocycles. The van der Waals surface area contributed by atoms with Gasteiger partial charge in [0.15, 0.2) is 0 Å². The van der Waals surface area contributed by atoms with E-state index in [9.17, 15) is 4.79 Å². The van der Waals surface area contributed by atoms with Gasteiger partial charge in [-0.2, -0.15) is 0 Å². The van der Waals surface area contributed by atoms with Crippen molar-refractivity contribution in [1.29, 1.82) is 0 Å². The van der Waals surface area contributed by atoms with Gasteiger partial charge >= 0.3 is 0 Å². The summed E-state index contributed by atoms with van der Waals surface area (Å²) >= 11 is 0. The molecule has 0 saturated heterocycles. The van der Waals surface area contributed by atoms with Crippen LogP contribution in [0.2, 0.25) is 0 Å². The van der Waals surface area contributed by atoms with Crippen molar-refractivity contribution in [3.8, 4) is 0 Å². The molecule has 1 saturated carbocycles. The number of anilines is 1. The number of amides is 1. The predicted molar refractivity (Wildman–Crippen MR) is 84.7 cm³/mol. The zero-order chi connectivity index (χ0) is 15.7. The van der Waals surface area contributed by atoms with Crippen LogP contribution in [0, 0.1) is 10.8 Å². The first-order chi connectivity index (χ1) is 9.71. The Morgan fingerprint density at radius 3 is 2.43 bits per heavy atom. The molecule has 0 aliphatic heterocycles. The van der Waals surface area contributed by atoms with Crippen LogP contribution in [0.15, 0.2) is 18.2 Å². The van der Waals surface area contributed by atoms with E-state index in [2.05, 4.69) is 43.4 Å². The topological polar surface area (TPSA) is 80.0 Å². The standard InChI is InChI=1S/C16H26N4O/c1-15(2)8-11(9-16(3,4)10-15)18-14(21)12-6-5-7-13(19-12)20-17/h5-7,11H,8-10,17H2,1-4H3,(H,18,21)(H,19,20). The van der Waals surface area contributed by atoms with Crippen molar-refractivity contribution < 1.29 is 4.79 Å². The Balaban J connectivity index is 2.08. The number of nitrogen functional groups attached to an aromatic ring is 1. The number of carbonyl (C=O) groups excluding carboxylic acids is 1. The minimum atomic E-state index is -0.134. The van der Waals surface area contributed by atoms with Crippen molar-refractivity contribution in [2.75, 3.05) is 5.43 Å². The van der Waals surface area contributed by atoms with Crippen LogP contribution >= 0.6 is 0 Å². The number of carbonyl (C=O) groups is 1. The summed E-state index contributed by atoms with van der Waals surface area (Å²) in [6.45, 7) is 9.07. The minimum Gasteiger partial charge on any atom is -0.348 e. The SMILES string of the molecule is CC1(C)CC(NC(=O)c2cccc(NN)n2)CC(C)(C)C1. The van der Waals surface area contributed by atoms with E-state index in [1.54, 1.807) is 18.2 Å². The molecule has 5 nitrogen and oxygen atoms in total. The fraction of sp³-hybridized carbons (Fsp3) is 0.625. The smallest absolute Gasteiger partial charge is 0.270 e. The molecule has 1 amide bonds. The number of hydrogen-bond acceptors (Lipinski definition) is 4. The van der Waals surface area contributed by atoms with Gasteiger partial charge in [0, 0.05) is 6.04 Å². The van der Waals surface area contributed by atoms with E-state index in [-0.39, 0.29) is 22.8 Å². The number of nitrogens with one attached hydrogen (secondary N) is 2. The summed E-state index contributed by atoms with van der Waals surface area (Å²) in [5.41, 5.74) is 3.34. The fourth-order valence-electron chi connectivity index (χ4n) is 3.85. The van der Waals surface area contributed by atoms with Crippen LogP contribution in [0.1, 0.15) is 57.4 Å². The predicted octanol–water partition coefficient (Wildman–Crippen LogP) is 2.70. The van der Waals surface area contributed by atoms with Crippen molar-refractivity contribution in [3.63, 3.8) is 0 Å². The minimum absolute atomic E-state index is 0.134. The van der Waals surface area contributed by atoms with Crippen molar-refractivity contribution in [3.05, 3.63) is 23.9 Å². The summed E-state index contributed by atoms with van der Waals surface area (Å²) in [6.07, 6.45) is 3.17. The van der Waals surface area contributed by atoms with E-state index >= 15 is 0 Å². The number of nitrogens with two attached hydrogens (primary N) is 1. The van der Waals surface area contributed by atoms with Crippen LogP contribution in [0.5, 0.6) is 0 Å². The molecule has 1 aliphatic rings. The van der Waals surface area contributed by atoms with E-state index < -0.39 is 0 Å². The highest BCUT2D eigenvalue weighted by Gasteiger charge is 2.39. The lowest BCUT2D eigenvalue weighted by molar-refractivity contribution is 0.0710. The van der Waals surface area contributed by atoms with E-state index in [4.69, 9.17) is 5.84 Å². The molecule has 0 radical (unpaired) electrons. The van der Waals surface area contributed by atoms with Crippen LogP contribution in [0.3, 0.4) is 0 Å². The summed E-state index contributed by atoms with van der Waals surface area (Å²) < 4.78 is 0. The second-order valence-electron chi connectivity index (χ2n) is 7.64. The van der Waals surface area contributed by atoms with Crippen LogP contribution < -0.4 is 16.6 Å². The van der Waals surface area contributed by atoms with Gasteiger partial charge in [0.05, 0.1) is 0 Å². The highest BCUT2D eigenvalue weighted by Crippen LogP contribution is 2.45. The normalized spacial score (nSPS) is 20.8. The number of aromatic nitrogens is 1. The molecule has 1 fully saturated rings. The zero-order valence-corrected chi connectivity index (χ0v) is 13.4. The average molecular weight is 290 g/mol. The van der Waals surface area contributed by atoms with Crippen LogP contribution in [-0.4, -0.2) is 16.9 Å². The Morgan fingerprint density at radius 1 is 1.24 bits per heavy atom. The molecule has 0 unspecified atom stereocenters. The monoisotopic (exact) mass is 290 g/mol. The van der Waals surface area contributed by atoms with Gasteiger partial charge in [-0.3, -0.25) is 4.79 Å². The number of hydrazine groups is 1. The van der Waals surface area contributed by atoms with E-state index in [1.807, 2.05) is 0 Å². The number of rotatable bonds is 3. The number of nitrogens with zero attached hydrogens (tertiary/aromatic N) is 1. The summed E-state index contributed by atoms with van der Waals surface area (Å²) in [5, 5.41) is 3.13. The van der Waals surface area contributed by atoms with Crippen LogP contribution in [-0.2, 0) is 0 Å². The first-order valence-corrected chi connectivity index (χ1v) is 7.45. The van der Waals surface area contributed by atoms with Gasteiger partial charge in [-0.1, -0.05) is 33.8 Å². The highest BCUT2D eigenvalue weighted by atomic mass is 16.1. The number of pyridine rings is 1. The van der Waals surface area contributed by atoms with Gasteiger partial charge in [0.2, 0.25) is 0 Å². The molecule has 2 rings (SSSR count). The van der Waals surface area contributed by atoms with Gasteiger partial charge in [-0.25, -0.2) is 10.8 Å². The molecule has 116 valence electrons. The molecule has 1 heterocycles. The maximum Gasteiger partial charge on any atom is 0.270 e. The Kier molecular flexibility index (Phi) is 4.23. The lowest BCUT2D eigenvalue weighted by Crippen LogP contribution is -2.46. The second kappa shape index (κ2) is 5.64. The molecule has 0 atom stereocenters. The number of hydrogen-bond donors (Lipinski definition) is 3. The third kappa shape index (κ3) is 4.17. The molecule has 0 bridgehead atoms. The van der Waals surface area contributed by atoms with Gasteiger partial charge < -0.3 is 10.7 Å². The van der Waals surface area contributed by atoms with Gasteiger partial charge in [-0.05, 0) is 42.2 Å². The Morgan fingerprint density at radius 2 is 1.86 bits per heavy atom. The van der Waals surface area contributed by atoms with E-state index in [0.29, 0.717) is 11.5 Å². The average Bonchev–Trinajstić information content (AvgIpc) is 2.35. The molecular weight excluding hydrogens is 264 g/mol. The maximum atomic E-state index is 12.4. The fourth-order valence-corrected chi connectivity index (χ4v) is 3.85. The summed E-state index contributed by atoms with van der Waals surface area (Å²) in [7, 11) is 0. The van der Waals surface area contributed by atoms with Crippen molar-refractivity contribution in [1.82, 2.24) is 10.3 Å². The molecule has 4 N–H and O–H groups in total. The Hall–Kier alpha value is -1.62. The largest absolute Gasteiger partial charge is 0.348 e. The highest BCUT2D eigenvalue weighted by molar-refractivity contribution is 5.92. The Bertz CT molecular complexity index is 509. The van der Waals surface area contributed by atoms with Crippen molar-refractivity contribution in [2.24, 2.45) is 16.7 Å². The molecule has 21 heavy (non-hydrogen) atoms. The molecule has 1 aromatic rings. The lowest BCUT2D eigenvalue weighted by atomic mass is 9.63. The summed E-state index contributed by atoms with van der Waals surface area (Å²) in [6, 6.07) is 5.39. The maximum absolute atomic E-state index is 12.4. The zero-order valence-electron chi connectivity index (χ0n) is 13.4. The molecule has 1 aliphatic carbocycles. The molecule has 0 aromatic carbocycles. The Labute approximate surface area is 126 Å². The van der Waals surface area contributed by atoms with Gasteiger partial charge in [-0.15, -0.1) is 0 Å². The van der Waals surface area contributed by atoms with E-state index in [0.717, 1.165) is 12.8 Å².